The summed E-state index contributed by atoms with van der Waals surface area (Å²) in [5, 5.41) is 2.90. The molecule has 1 aliphatic heterocycles. The summed E-state index contributed by atoms with van der Waals surface area (Å²) in [5.41, 5.74) is 1.28. The zero-order chi connectivity index (χ0) is 21.1. The highest BCUT2D eigenvalue weighted by Gasteiger charge is 2.39. The van der Waals surface area contributed by atoms with E-state index in [-0.39, 0.29) is 30.8 Å². The first-order valence-corrected chi connectivity index (χ1v) is 10.1. The van der Waals surface area contributed by atoms with Gasteiger partial charge in [0.1, 0.15) is 5.75 Å². The lowest BCUT2D eigenvalue weighted by Gasteiger charge is -2.20. The van der Waals surface area contributed by atoms with Gasteiger partial charge >= 0.3 is 5.97 Å². The SMILES string of the molecule is COc1cccc(N2CC(C(=O)OC(C(=O)NC3CC3)c3ccccc3)CC2=O)c1. The van der Waals surface area contributed by atoms with Crippen molar-refractivity contribution in [2.45, 2.75) is 31.4 Å². The number of hydrogen-bond acceptors (Lipinski definition) is 5. The molecule has 0 bridgehead atoms. The molecule has 156 valence electrons. The van der Waals surface area contributed by atoms with Crippen LogP contribution in [0.2, 0.25) is 0 Å². The van der Waals surface area contributed by atoms with Crippen molar-refractivity contribution in [3.63, 3.8) is 0 Å². The van der Waals surface area contributed by atoms with Gasteiger partial charge < -0.3 is 19.7 Å². The molecule has 2 aromatic rings. The van der Waals surface area contributed by atoms with Gasteiger partial charge in [-0.25, -0.2) is 0 Å². The number of anilines is 1. The number of nitrogens with one attached hydrogen (secondary N) is 1. The Morgan fingerprint density at radius 3 is 2.57 bits per heavy atom. The normalized spacial score (nSPS) is 19.3. The number of amides is 2. The standard InChI is InChI=1S/C23H24N2O5/c1-29-19-9-5-8-18(13-19)25-14-16(12-20(25)26)23(28)30-21(15-6-3-2-4-7-15)22(27)24-17-10-11-17/h2-9,13,16-17,21H,10-12,14H2,1H3,(H,24,27). The molecule has 1 saturated carbocycles. The summed E-state index contributed by atoms with van der Waals surface area (Å²) < 4.78 is 10.8. The topological polar surface area (TPSA) is 84.9 Å². The third kappa shape index (κ3) is 4.45. The fourth-order valence-electron chi connectivity index (χ4n) is 3.51. The van der Waals surface area contributed by atoms with Gasteiger partial charge in [-0.2, -0.15) is 0 Å². The molecule has 1 saturated heterocycles. The van der Waals surface area contributed by atoms with E-state index in [1.807, 2.05) is 6.07 Å². The molecule has 0 spiro atoms. The van der Waals surface area contributed by atoms with E-state index >= 15 is 0 Å². The maximum Gasteiger partial charge on any atom is 0.312 e. The van der Waals surface area contributed by atoms with Crippen LogP contribution >= 0.6 is 0 Å². The minimum atomic E-state index is -1.03. The molecule has 2 aliphatic rings. The number of methoxy groups -OCH3 is 1. The largest absolute Gasteiger partial charge is 0.497 e. The van der Waals surface area contributed by atoms with Gasteiger partial charge in [-0.05, 0) is 25.0 Å². The molecule has 2 unspecified atom stereocenters. The molecule has 0 radical (unpaired) electrons. The van der Waals surface area contributed by atoms with Crippen LogP contribution < -0.4 is 15.0 Å². The summed E-state index contributed by atoms with van der Waals surface area (Å²) in [6.07, 6.45) is 0.893. The second-order valence-corrected chi connectivity index (χ2v) is 7.62. The van der Waals surface area contributed by atoms with Gasteiger partial charge in [0, 0.05) is 36.3 Å². The smallest absolute Gasteiger partial charge is 0.312 e. The van der Waals surface area contributed by atoms with Gasteiger partial charge in [0.05, 0.1) is 13.0 Å². The van der Waals surface area contributed by atoms with Crippen LogP contribution in [0.25, 0.3) is 0 Å². The van der Waals surface area contributed by atoms with Crippen LogP contribution in [0.5, 0.6) is 5.75 Å². The number of nitrogens with zero attached hydrogens (tertiary/aromatic N) is 1. The fourth-order valence-corrected chi connectivity index (χ4v) is 3.51. The predicted molar refractivity (Wildman–Crippen MR) is 110 cm³/mol. The molecular weight excluding hydrogens is 384 g/mol. The summed E-state index contributed by atoms with van der Waals surface area (Å²) >= 11 is 0. The number of carbonyl (C=O) groups excluding carboxylic acids is 3. The minimum absolute atomic E-state index is 0.0434. The third-order valence-electron chi connectivity index (χ3n) is 5.32. The van der Waals surface area contributed by atoms with E-state index in [0.717, 1.165) is 12.8 Å². The number of esters is 1. The van der Waals surface area contributed by atoms with Gasteiger partial charge in [0.2, 0.25) is 12.0 Å². The van der Waals surface area contributed by atoms with E-state index in [2.05, 4.69) is 5.32 Å². The Kier molecular flexibility index (Phi) is 5.70. The van der Waals surface area contributed by atoms with Crippen molar-refractivity contribution < 1.29 is 23.9 Å². The lowest BCUT2D eigenvalue weighted by molar-refractivity contribution is -0.160. The first-order valence-electron chi connectivity index (χ1n) is 10.1. The highest BCUT2D eigenvalue weighted by atomic mass is 16.5. The summed E-state index contributed by atoms with van der Waals surface area (Å²) in [5.74, 6) is -1.04. The zero-order valence-corrected chi connectivity index (χ0v) is 16.7. The molecule has 2 aromatic carbocycles. The van der Waals surface area contributed by atoms with Gasteiger partial charge in [-0.1, -0.05) is 36.4 Å². The van der Waals surface area contributed by atoms with Gasteiger partial charge in [0.25, 0.3) is 5.91 Å². The van der Waals surface area contributed by atoms with E-state index in [1.54, 1.807) is 60.5 Å². The van der Waals surface area contributed by atoms with Gasteiger partial charge in [-0.3, -0.25) is 14.4 Å². The quantitative estimate of drug-likeness (QED) is 0.712. The molecule has 2 fully saturated rings. The maximum absolute atomic E-state index is 12.9. The van der Waals surface area contributed by atoms with E-state index in [4.69, 9.17) is 9.47 Å². The van der Waals surface area contributed by atoms with Crippen molar-refractivity contribution in [3.05, 3.63) is 60.2 Å². The van der Waals surface area contributed by atoms with Crippen molar-refractivity contribution in [3.8, 4) is 5.75 Å². The third-order valence-corrected chi connectivity index (χ3v) is 5.32. The molecule has 1 heterocycles. The first kappa shape index (κ1) is 19.9. The van der Waals surface area contributed by atoms with Gasteiger partial charge in [-0.15, -0.1) is 0 Å². The number of carbonyl (C=O) groups is 3. The molecule has 7 heteroatoms. The summed E-state index contributed by atoms with van der Waals surface area (Å²) in [6.45, 7) is 0.205. The van der Waals surface area contributed by atoms with Crippen LogP contribution in [-0.2, 0) is 19.1 Å². The first-order chi connectivity index (χ1) is 14.5. The molecule has 2 amide bonds. The maximum atomic E-state index is 12.9. The van der Waals surface area contributed by atoms with Crippen LogP contribution in [0.15, 0.2) is 54.6 Å². The second kappa shape index (κ2) is 8.57. The molecule has 1 N–H and O–H groups in total. The average molecular weight is 408 g/mol. The van der Waals surface area contributed by atoms with Crippen molar-refractivity contribution >= 4 is 23.5 Å². The number of ether oxygens (including phenoxy) is 2. The number of benzene rings is 2. The number of hydrogen-bond donors (Lipinski definition) is 1. The van der Waals surface area contributed by atoms with Crippen LogP contribution in [0.1, 0.15) is 30.9 Å². The molecule has 4 rings (SSSR count). The average Bonchev–Trinajstić information content (AvgIpc) is 3.50. The minimum Gasteiger partial charge on any atom is -0.497 e. The monoisotopic (exact) mass is 408 g/mol. The van der Waals surface area contributed by atoms with E-state index in [1.165, 1.54) is 0 Å². The zero-order valence-electron chi connectivity index (χ0n) is 16.7. The van der Waals surface area contributed by atoms with Crippen molar-refractivity contribution in [2.24, 2.45) is 5.92 Å². The van der Waals surface area contributed by atoms with E-state index in [0.29, 0.717) is 17.0 Å². The molecule has 30 heavy (non-hydrogen) atoms. The highest BCUT2D eigenvalue weighted by molar-refractivity contribution is 6.00. The Balaban J connectivity index is 1.47. The Hall–Kier alpha value is -3.35. The Bertz CT molecular complexity index is 942. The van der Waals surface area contributed by atoms with E-state index in [9.17, 15) is 14.4 Å². The number of rotatable bonds is 7. The second-order valence-electron chi connectivity index (χ2n) is 7.62. The molecule has 7 nitrogen and oxygen atoms in total. The lowest BCUT2D eigenvalue weighted by atomic mass is 10.1. The molecule has 1 aliphatic carbocycles. The predicted octanol–water partition coefficient (Wildman–Crippen LogP) is 2.61. The summed E-state index contributed by atoms with van der Waals surface area (Å²) in [4.78, 5) is 39.6. The molecular formula is C23H24N2O5. The Labute approximate surface area is 175 Å². The summed E-state index contributed by atoms with van der Waals surface area (Å²) in [7, 11) is 1.56. The Morgan fingerprint density at radius 1 is 1.10 bits per heavy atom. The lowest BCUT2D eigenvalue weighted by Crippen LogP contribution is -2.35. The van der Waals surface area contributed by atoms with Crippen LogP contribution in [0, 0.1) is 5.92 Å². The molecule has 0 aromatic heterocycles. The fraction of sp³-hybridized carbons (Fsp3) is 0.348. The van der Waals surface area contributed by atoms with Crippen molar-refractivity contribution in [2.75, 3.05) is 18.6 Å². The van der Waals surface area contributed by atoms with Crippen molar-refractivity contribution in [1.29, 1.82) is 0 Å². The molecule has 2 atom stereocenters. The highest BCUT2D eigenvalue weighted by Crippen LogP contribution is 2.30. The van der Waals surface area contributed by atoms with Crippen LogP contribution in [0.4, 0.5) is 5.69 Å². The van der Waals surface area contributed by atoms with Crippen LogP contribution in [-0.4, -0.2) is 37.5 Å². The summed E-state index contributed by atoms with van der Waals surface area (Å²) in [6, 6.07) is 16.2. The van der Waals surface area contributed by atoms with E-state index < -0.39 is 18.0 Å². The van der Waals surface area contributed by atoms with Gasteiger partial charge in [0.15, 0.2) is 0 Å². The van der Waals surface area contributed by atoms with Crippen LogP contribution in [0.3, 0.4) is 0 Å². The van der Waals surface area contributed by atoms with Crippen molar-refractivity contribution in [1.82, 2.24) is 5.32 Å². The Morgan fingerprint density at radius 2 is 1.87 bits per heavy atom.